The van der Waals surface area contributed by atoms with Crippen LogP contribution in [0.25, 0.3) is 0 Å². The molecule has 3 unspecified atom stereocenters. The van der Waals surface area contributed by atoms with Gasteiger partial charge in [-0.1, -0.05) is 0 Å². The largest absolute Gasteiger partial charge is 0.486 e. The quantitative estimate of drug-likeness (QED) is 0.870. The highest BCUT2D eigenvalue weighted by atomic mass is 16.6. The molecule has 0 spiro atoms. The van der Waals surface area contributed by atoms with Crippen LogP contribution in [0.3, 0.4) is 0 Å². The van der Waals surface area contributed by atoms with Crippen molar-refractivity contribution in [3.8, 4) is 11.5 Å². The molecule has 1 aromatic rings. The highest BCUT2D eigenvalue weighted by molar-refractivity contribution is 5.95. The van der Waals surface area contributed by atoms with Crippen molar-refractivity contribution in [3.63, 3.8) is 0 Å². The van der Waals surface area contributed by atoms with Gasteiger partial charge in [0.05, 0.1) is 0 Å². The lowest BCUT2D eigenvalue weighted by atomic mass is 9.99. The summed E-state index contributed by atoms with van der Waals surface area (Å²) in [6.45, 7) is 4.41. The van der Waals surface area contributed by atoms with Gasteiger partial charge in [-0.25, -0.2) is 0 Å². The van der Waals surface area contributed by atoms with E-state index in [2.05, 4.69) is 10.2 Å². The standard InChI is InChI=1S/C15H18N2O3/c18-15(16-12-9-17-4-3-11(12)8-17)10-1-2-13-14(7-10)20-6-5-19-13/h1-2,7,11-12H,3-6,8-9H2,(H,16,18). The molecular formula is C15H18N2O3. The average Bonchev–Trinajstić information content (AvgIpc) is 3.09. The minimum Gasteiger partial charge on any atom is -0.486 e. The van der Waals surface area contributed by atoms with E-state index in [1.165, 1.54) is 13.0 Å². The highest BCUT2D eigenvalue weighted by Crippen LogP contribution is 2.31. The van der Waals surface area contributed by atoms with E-state index < -0.39 is 0 Å². The minimum atomic E-state index is -0.0132. The Balaban J connectivity index is 1.48. The lowest BCUT2D eigenvalue weighted by Crippen LogP contribution is -2.43. The summed E-state index contributed by atoms with van der Waals surface area (Å²) in [5.74, 6) is 2.00. The monoisotopic (exact) mass is 274 g/mol. The van der Waals surface area contributed by atoms with Gasteiger partial charge in [-0.3, -0.25) is 4.79 Å². The zero-order valence-corrected chi connectivity index (χ0v) is 11.3. The Morgan fingerprint density at radius 3 is 2.80 bits per heavy atom. The third-order valence-corrected chi connectivity index (χ3v) is 4.45. The molecule has 5 heteroatoms. The number of rotatable bonds is 2. The van der Waals surface area contributed by atoms with Gasteiger partial charge < -0.3 is 19.7 Å². The van der Waals surface area contributed by atoms with Crippen LogP contribution >= 0.6 is 0 Å². The van der Waals surface area contributed by atoms with Crippen LogP contribution in [-0.4, -0.2) is 49.7 Å². The van der Waals surface area contributed by atoms with Gasteiger partial charge in [0, 0.05) is 24.7 Å². The summed E-state index contributed by atoms with van der Waals surface area (Å²) in [7, 11) is 0. The van der Waals surface area contributed by atoms with E-state index in [4.69, 9.17) is 9.47 Å². The van der Waals surface area contributed by atoms with Crippen molar-refractivity contribution in [3.05, 3.63) is 23.8 Å². The molecule has 3 atom stereocenters. The van der Waals surface area contributed by atoms with Crippen molar-refractivity contribution in [1.82, 2.24) is 10.2 Å². The van der Waals surface area contributed by atoms with Crippen molar-refractivity contribution in [2.45, 2.75) is 12.5 Å². The second kappa shape index (κ2) is 4.66. The summed E-state index contributed by atoms with van der Waals surface area (Å²) in [4.78, 5) is 14.8. The summed E-state index contributed by atoms with van der Waals surface area (Å²) >= 11 is 0. The molecule has 4 rings (SSSR count). The van der Waals surface area contributed by atoms with Crippen LogP contribution in [-0.2, 0) is 0 Å². The third-order valence-electron chi connectivity index (χ3n) is 4.45. The maximum Gasteiger partial charge on any atom is 0.251 e. The first-order valence-corrected chi connectivity index (χ1v) is 7.22. The maximum atomic E-state index is 12.3. The van der Waals surface area contributed by atoms with Gasteiger partial charge >= 0.3 is 0 Å². The van der Waals surface area contributed by atoms with E-state index in [0.29, 0.717) is 36.5 Å². The Morgan fingerprint density at radius 2 is 2.05 bits per heavy atom. The van der Waals surface area contributed by atoms with Crippen LogP contribution in [0, 0.1) is 5.92 Å². The summed E-state index contributed by atoms with van der Waals surface area (Å²) in [6, 6.07) is 5.69. The number of hydrogen-bond donors (Lipinski definition) is 1. The normalized spacial score (nSPS) is 30.3. The number of piperidine rings is 1. The molecule has 1 aromatic carbocycles. The molecule has 2 saturated heterocycles. The number of nitrogens with one attached hydrogen (secondary N) is 1. The number of carbonyl (C=O) groups is 1. The van der Waals surface area contributed by atoms with E-state index in [1.54, 1.807) is 12.1 Å². The number of benzene rings is 1. The van der Waals surface area contributed by atoms with Crippen LogP contribution < -0.4 is 14.8 Å². The predicted molar refractivity (Wildman–Crippen MR) is 73.2 cm³/mol. The number of carbonyl (C=O) groups excluding carboxylic acids is 1. The summed E-state index contributed by atoms with van der Waals surface area (Å²) < 4.78 is 11.0. The molecule has 20 heavy (non-hydrogen) atoms. The Morgan fingerprint density at radius 1 is 1.20 bits per heavy atom. The zero-order valence-electron chi connectivity index (χ0n) is 11.3. The topological polar surface area (TPSA) is 50.8 Å². The van der Waals surface area contributed by atoms with Crippen molar-refractivity contribution in [1.29, 1.82) is 0 Å². The molecule has 2 bridgehead atoms. The number of nitrogens with zero attached hydrogens (tertiary/aromatic N) is 1. The second-order valence-corrected chi connectivity index (χ2v) is 5.75. The molecule has 3 aliphatic heterocycles. The molecular weight excluding hydrogens is 256 g/mol. The van der Waals surface area contributed by atoms with Gasteiger partial charge in [0.25, 0.3) is 5.91 Å². The average molecular weight is 274 g/mol. The fourth-order valence-electron chi connectivity index (χ4n) is 3.38. The first-order chi connectivity index (χ1) is 9.79. The Kier molecular flexibility index (Phi) is 2.80. The van der Waals surface area contributed by atoms with E-state index in [1.807, 2.05) is 6.07 Å². The summed E-state index contributed by atoms with van der Waals surface area (Å²) in [6.07, 6.45) is 1.20. The molecule has 1 amide bonds. The Labute approximate surface area is 117 Å². The van der Waals surface area contributed by atoms with Gasteiger partial charge in [0.2, 0.25) is 0 Å². The Bertz CT molecular complexity index is 546. The lowest BCUT2D eigenvalue weighted by Gasteiger charge is -2.23. The van der Waals surface area contributed by atoms with E-state index in [-0.39, 0.29) is 5.91 Å². The zero-order chi connectivity index (χ0) is 13.5. The van der Waals surface area contributed by atoms with E-state index >= 15 is 0 Å². The second-order valence-electron chi connectivity index (χ2n) is 5.75. The first kappa shape index (κ1) is 12.0. The van der Waals surface area contributed by atoms with Crippen molar-refractivity contribution >= 4 is 5.91 Å². The SMILES string of the molecule is O=C(NC1CN2CCC1C2)c1ccc2c(c1)OCCO2. The molecule has 0 radical (unpaired) electrons. The smallest absolute Gasteiger partial charge is 0.251 e. The predicted octanol–water partition coefficient (Wildman–Crippen LogP) is 0.892. The molecule has 0 saturated carbocycles. The molecule has 3 aliphatic rings. The molecule has 0 aliphatic carbocycles. The molecule has 3 heterocycles. The van der Waals surface area contributed by atoms with Crippen molar-refractivity contribution in [2.24, 2.45) is 5.92 Å². The molecule has 2 fully saturated rings. The molecule has 5 nitrogen and oxygen atoms in total. The number of amides is 1. The van der Waals surface area contributed by atoms with Crippen molar-refractivity contribution in [2.75, 3.05) is 32.8 Å². The number of hydrogen-bond acceptors (Lipinski definition) is 4. The van der Waals surface area contributed by atoms with Gasteiger partial charge in [-0.15, -0.1) is 0 Å². The lowest BCUT2D eigenvalue weighted by molar-refractivity contribution is 0.0923. The third kappa shape index (κ3) is 2.02. The fraction of sp³-hybridized carbons (Fsp3) is 0.533. The van der Waals surface area contributed by atoms with Crippen LogP contribution in [0.5, 0.6) is 11.5 Å². The van der Waals surface area contributed by atoms with Crippen LogP contribution in [0.15, 0.2) is 18.2 Å². The number of ether oxygens (including phenoxy) is 2. The van der Waals surface area contributed by atoms with Crippen LogP contribution in [0.1, 0.15) is 16.8 Å². The number of fused-ring (bicyclic) bond motifs is 3. The maximum absolute atomic E-state index is 12.3. The van der Waals surface area contributed by atoms with Gasteiger partial charge in [0.1, 0.15) is 13.2 Å². The van der Waals surface area contributed by atoms with Gasteiger partial charge in [0.15, 0.2) is 11.5 Å². The molecule has 106 valence electrons. The molecule has 0 aromatic heterocycles. The van der Waals surface area contributed by atoms with E-state index in [0.717, 1.165) is 18.8 Å². The van der Waals surface area contributed by atoms with Crippen LogP contribution in [0.4, 0.5) is 0 Å². The minimum absolute atomic E-state index is 0.0132. The summed E-state index contributed by atoms with van der Waals surface area (Å²) in [5.41, 5.74) is 0.645. The van der Waals surface area contributed by atoms with Gasteiger partial charge in [-0.05, 0) is 37.1 Å². The summed E-state index contributed by atoms with van der Waals surface area (Å²) in [5, 5.41) is 3.16. The van der Waals surface area contributed by atoms with Crippen molar-refractivity contribution < 1.29 is 14.3 Å². The van der Waals surface area contributed by atoms with Gasteiger partial charge in [-0.2, -0.15) is 0 Å². The Hall–Kier alpha value is -1.75. The highest BCUT2D eigenvalue weighted by Gasteiger charge is 2.38. The first-order valence-electron chi connectivity index (χ1n) is 7.22. The fourth-order valence-corrected chi connectivity index (χ4v) is 3.38. The van der Waals surface area contributed by atoms with E-state index in [9.17, 15) is 4.79 Å². The molecule has 1 N–H and O–H groups in total. The van der Waals surface area contributed by atoms with Crippen LogP contribution in [0.2, 0.25) is 0 Å².